The van der Waals surface area contributed by atoms with Crippen LogP contribution >= 0.6 is 0 Å². The van der Waals surface area contributed by atoms with Gasteiger partial charge in [-0.2, -0.15) is 0 Å². The van der Waals surface area contributed by atoms with Crippen LogP contribution in [0.1, 0.15) is 17.5 Å². The van der Waals surface area contributed by atoms with E-state index in [4.69, 9.17) is 4.74 Å². The van der Waals surface area contributed by atoms with Gasteiger partial charge in [0.05, 0.1) is 13.2 Å². The van der Waals surface area contributed by atoms with Crippen molar-refractivity contribution in [3.05, 3.63) is 59.4 Å². The van der Waals surface area contributed by atoms with Crippen LogP contribution in [0.15, 0.2) is 42.5 Å². The van der Waals surface area contributed by atoms with Crippen molar-refractivity contribution in [3.63, 3.8) is 0 Å². The van der Waals surface area contributed by atoms with E-state index in [-0.39, 0.29) is 5.82 Å². The smallest absolute Gasteiger partial charge is 0.125 e. The molecule has 1 fully saturated rings. The first-order chi connectivity index (χ1) is 12.3. The van der Waals surface area contributed by atoms with Crippen LogP contribution in [0, 0.1) is 5.82 Å². The van der Waals surface area contributed by atoms with Gasteiger partial charge in [0, 0.05) is 37.6 Å². The molecule has 4 rings (SSSR count). The first-order valence-corrected chi connectivity index (χ1v) is 9.25. The molecule has 0 amide bonds. The zero-order valence-corrected chi connectivity index (χ0v) is 14.6. The number of benzene rings is 2. The van der Waals surface area contributed by atoms with Crippen molar-refractivity contribution in [1.82, 2.24) is 4.90 Å². The Morgan fingerprint density at radius 2 is 1.64 bits per heavy atom. The maximum atomic E-state index is 13.9. The van der Waals surface area contributed by atoms with E-state index in [2.05, 4.69) is 34.1 Å². The number of hydrogen-bond acceptors (Lipinski definition) is 3. The summed E-state index contributed by atoms with van der Waals surface area (Å²) in [5, 5.41) is 0. The molecule has 2 aliphatic heterocycles. The second kappa shape index (κ2) is 7.54. The van der Waals surface area contributed by atoms with E-state index in [1.54, 1.807) is 12.1 Å². The van der Waals surface area contributed by atoms with Crippen molar-refractivity contribution in [2.45, 2.75) is 19.3 Å². The van der Waals surface area contributed by atoms with Gasteiger partial charge in [-0.3, -0.25) is 4.90 Å². The summed E-state index contributed by atoms with van der Waals surface area (Å²) in [6.45, 7) is 5.67. The molecule has 0 N–H and O–H groups in total. The number of nitrogens with zero attached hydrogens (tertiary/aromatic N) is 2. The summed E-state index contributed by atoms with van der Waals surface area (Å²) in [6.07, 6.45) is 3.03. The number of aryl methyl sites for hydroxylation is 2. The van der Waals surface area contributed by atoms with Gasteiger partial charge in [-0.15, -0.1) is 0 Å². The van der Waals surface area contributed by atoms with Gasteiger partial charge >= 0.3 is 0 Å². The highest BCUT2D eigenvalue weighted by Crippen LogP contribution is 2.36. The monoisotopic (exact) mass is 340 g/mol. The first-order valence-electron chi connectivity index (χ1n) is 9.25. The Labute approximate surface area is 149 Å². The molecular weight excluding hydrogens is 315 g/mol. The molecular formula is C21H25FN2O. The highest BCUT2D eigenvalue weighted by atomic mass is 19.1. The Balaban J connectivity index is 1.57. The average molecular weight is 340 g/mol. The minimum Gasteiger partial charge on any atom is -0.379 e. The highest BCUT2D eigenvalue weighted by molar-refractivity contribution is 5.71. The second-order valence-corrected chi connectivity index (χ2v) is 6.86. The normalized spacial score (nSPS) is 17.7. The molecule has 2 heterocycles. The van der Waals surface area contributed by atoms with Gasteiger partial charge in [0.25, 0.3) is 0 Å². The molecule has 25 heavy (non-hydrogen) atoms. The van der Waals surface area contributed by atoms with Gasteiger partial charge in [0.15, 0.2) is 0 Å². The summed E-state index contributed by atoms with van der Waals surface area (Å²) >= 11 is 0. The summed E-state index contributed by atoms with van der Waals surface area (Å²) in [5.74, 6) is -0.156. The highest BCUT2D eigenvalue weighted by Gasteiger charge is 2.21. The third-order valence-corrected chi connectivity index (χ3v) is 5.24. The minimum absolute atomic E-state index is 0.156. The molecule has 0 atom stereocenters. The van der Waals surface area contributed by atoms with Gasteiger partial charge < -0.3 is 9.64 Å². The number of para-hydroxylation sites is 1. The number of ether oxygens (including phenoxy) is 1. The van der Waals surface area contributed by atoms with Crippen LogP contribution in [-0.2, 0) is 17.6 Å². The van der Waals surface area contributed by atoms with Crippen molar-refractivity contribution in [2.24, 2.45) is 0 Å². The standard InChI is InChI=1S/C21H25FN2O/c22-19-9-8-18-7-6-17-4-1-2-5-20(17)24(21(18)16-19)11-3-10-23-12-14-25-15-13-23/h1-2,4-5,8-9,16H,3,6-7,10-15H2. The fourth-order valence-corrected chi connectivity index (χ4v) is 3.90. The van der Waals surface area contributed by atoms with Crippen molar-refractivity contribution in [3.8, 4) is 0 Å². The summed E-state index contributed by atoms with van der Waals surface area (Å²) in [6, 6.07) is 13.8. The van der Waals surface area contributed by atoms with Crippen LogP contribution < -0.4 is 4.90 Å². The van der Waals surface area contributed by atoms with Crippen LogP contribution in [0.5, 0.6) is 0 Å². The minimum atomic E-state index is -0.156. The van der Waals surface area contributed by atoms with Gasteiger partial charge in [-0.25, -0.2) is 4.39 Å². The summed E-state index contributed by atoms with van der Waals surface area (Å²) in [5.41, 5.74) is 4.86. The number of morpholine rings is 1. The zero-order valence-electron chi connectivity index (χ0n) is 14.6. The predicted octanol–water partition coefficient (Wildman–Crippen LogP) is 3.78. The van der Waals surface area contributed by atoms with Gasteiger partial charge in [-0.05, 0) is 48.6 Å². The molecule has 0 aromatic heterocycles. The van der Waals surface area contributed by atoms with E-state index in [9.17, 15) is 4.39 Å². The van der Waals surface area contributed by atoms with E-state index in [1.807, 2.05) is 6.07 Å². The quantitative estimate of drug-likeness (QED) is 0.842. The lowest BCUT2D eigenvalue weighted by molar-refractivity contribution is 0.0377. The largest absolute Gasteiger partial charge is 0.379 e. The Bertz CT molecular complexity index is 728. The molecule has 0 saturated carbocycles. The van der Waals surface area contributed by atoms with E-state index in [0.717, 1.165) is 64.3 Å². The zero-order chi connectivity index (χ0) is 17.1. The molecule has 2 aromatic rings. The van der Waals surface area contributed by atoms with Crippen LogP contribution in [0.2, 0.25) is 0 Å². The lowest BCUT2D eigenvalue weighted by atomic mass is 10.0. The summed E-state index contributed by atoms with van der Waals surface area (Å²) < 4.78 is 19.4. The van der Waals surface area contributed by atoms with Crippen molar-refractivity contribution >= 4 is 11.4 Å². The molecule has 4 heteroatoms. The third kappa shape index (κ3) is 3.70. The van der Waals surface area contributed by atoms with Crippen molar-refractivity contribution < 1.29 is 9.13 Å². The SMILES string of the molecule is Fc1ccc2c(c1)N(CCCN1CCOCC1)c1ccccc1CC2. The molecule has 0 spiro atoms. The van der Waals surface area contributed by atoms with Crippen LogP contribution in [0.3, 0.4) is 0 Å². The Morgan fingerprint density at radius 1 is 0.880 bits per heavy atom. The van der Waals surface area contributed by atoms with Gasteiger partial charge in [0.2, 0.25) is 0 Å². The average Bonchev–Trinajstić information content (AvgIpc) is 2.80. The fraction of sp³-hybridized carbons (Fsp3) is 0.429. The molecule has 0 aliphatic carbocycles. The fourth-order valence-electron chi connectivity index (χ4n) is 3.90. The molecule has 2 aliphatic rings. The number of anilines is 2. The number of rotatable bonds is 4. The summed E-state index contributed by atoms with van der Waals surface area (Å²) in [4.78, 5) is 4.78. The third-order valence-electron chi connectivity index (χ3n) is 5.24. The van der Waals surface area contributed by atoms with Gasteiger partial charge in [-0.1, -0.05) is 24.3 Å². The van der Waals surface area contributed by atoms with Crippen LogP contribution in [0.4, 0.5) is 15.8 Å². The summed E-state index contributed by atoms with van der Waals surface area (Å²) in [7, 11) is 0. The number of hydrogen-bond donors (Lipinski definition) is 0. The topological polar surface area (TPSA) is 15.7 Å². The number of halogens is 1. The Morgan fingerprint density at radius 3 is 2.48 bits per heavy atom. The molecule has 3 nitrogen and oxygen atoms in total. The Kier molecular flexibility index (Phi) is 4.99. The van der Waals surface area contributed by atoms with Gasteiger partial charge in [0.1, 0.15) is 5.82 Å². The molecule has 0 unspecified atom stereocenters. The lowest BCUT2D eigenvalue weighted by Gasteiger charge is -2.30. The van der Waals surface area contributed by atoms with E-state index in [0.29, 0.717) is 0 Å². The first kappa shape index (κ1) is 16.6. The van der Waals surface area contributed by atoms with Crippen LogP contribution in [-0.4, -0.2) is 44.3 Å². The molecule has 132 valence electrons. The molecule has 2 aromatic carbocycles. The molecule has 1 saturated heterocycles. The van der Waals surface area contributed by atoms with Crippen molar-refractivity contribution in [1.29, 1.82) is 0 Å². The van der Waals surface area contributed by atoms with Crippen LogP contribution in [0.25, 0.3) is 0 Å². The van der Waals surface area contributed by atoms with E-state index < -0.39 is 0 Å². The van der Waals surface area contributed by atoms with E-state index >= 15 is 0 Å². The maximum Gasteiger partial charge on any atom is 0.125 e. The lowest BCUT2D eigenvalue weighted by Crippen LogP contribution is -2.37. The second-order valence-electron chi connectivity index (χ2n) is 6.86. The predicted molar refractivity (Wildman–Crippen MR) is 99.1 cm³/mol. The van der Waals surface area contributed by atoms with Crippen molar-refractivity contribution in [2.75, 3.05) is 44.3 Å². The maximum absolute atomic E-state index is 13.9. The Hall–Kier alpha value is -1.91. The molecule has 0 bridgehead atoms. The molecule has 0 radical (unpaired) electrons. The number of fused-ring (bicyclic) bond motifs is 2. The van der Waals surface area contributed by atoms with E-state index in [1.165, 1.54) is 16.8 Å².